The van der Waals surface area contributed by atoms with Crippen LogP contribution in [0.4, 0.5) is 0 Å². The second kappa shape index (κ2) is 6.83. The number of halogens is 1. The van der Waals surface area contributed by atoms with Gasteiger partial charge in [-0.3, -0.25) is 25.2 Å². The number of hydrogen-bond acceptors (Lipinski definition) is 4. The number of fused-ring (bicyclic) bond motifs is 3. The molecule has 0 spiro atoms. The second-order valence-electron chi connectivity index (χ2n) is 6.20. The third kappa shape index (κ3) is 3.00. The highest BCUT2D eigenvalue weighted by atomic mass is 35.5. The van der Waals surface area contributed by atoms with E-state index in [9.17, 15) is 19.5 Å². The zero-order valence-electron chi connectivity index (χ0n) is 14.3. The molecule has 28 heavy (non-hydrogen) atoms. The number of benzene rings is 3. The Hall–Kier alpha value is -3.64. The van der Waals surface area contributed by atoms with Gasteiger partial charge in [0.25, 0.3) is 11.8 Å². The van der Waals surface area contributed by atoms with Crippen LogP contribution in [0.2, 0.25) is 5.02 Å². The van der Waals surface area contributed by atoms with E-state index in [0.29, 0.717) is 11.1 Å². The van der Waals surface area contributed by atoms with Gasteiger partial charge in [0.05, 0.1) is 5.56 Å². The van der Waals surface area contributed by atoms with Crippen molar-refractivity contribution in [2.24, 2.45) is 0 Å². The summed E-state index contributed by atoms with van der Waals surface area (Å²) in [5.74, 6) is -1.73. The van der Waals surface area contributed by atoms with Crippen LogP contribution in [-0.2, 0) is 0 Å². The van der Waals surface area contributed by atoms with Gasteiger partial charge in [0.15, 0.2) is 5.78 Å². The summed E-state index contributed by atoms with van der Waals surface area (Å²) in [5, 5.41) is 10.0. The highest BCUT2D eigenvalue weighted by Crippen LogP contribution is 2.36. The fourth-order valence-electron chi connectivity index (χ4n) is 3.11. The third-order valence-corrected chi connectivity index (χ3v) is 4.72. The van der Waals surface area contributed by atoms with Crippen molar-refractivity contribution in [2.45, 2.75) is 0 Å². The average molecular weight is 393 g/mol. The van der Waals surface area contributed by atoms with Crippen molar-refractivity contribution in [1.29, 1.82) is 0 Å². The largest absolute Gasteiger partial charge is 0.507 e. The van der Waals surface area contributed by atoms with Gasteiger partial charge in [0.2, 0.25) is 0 Å². The van der Waals surface area contributed by atoms with Crippen LogP contribution < -0.4 is 10.9 Å². The molecule has 1 aliphatic carbocycles. The minimum absolute atomic E-state index is 0.0765. The summed E-state index contributed by atoms with van der Waals surface area (Å²) < 4.78 is 0. The smallest absolute Gasteiger partial charge is 0.273 e. The summed E-state index contributed by atoms with van der Waals surface area (Å²) in [4.78, 5) is 37.1. The molecule has 0 bridgehead atoms. The van der Waals surface area contributed by atoms with Crippen LogP contribution in [0.1, 0.15) is 36.6 Å². The molecule has 138 valence electrons. The SMILES string of the molecule is O=C(NNC(=O)c1cc(Cl)ccc1O)c1ccc2c(c1)C(=O)c1ccccc1-2. The van der Waals surface area contributed by atoms with Crippen LogP contribution in [0, 0.1) is 0 Å². The maximum atomic E-state index is 12.5. The minimum atomic E-state index is -0.724. The molecule has 0 aromatic heterocycles. The highest BCUT2D eigenvalue weighted by Gasteiger charge is 2.27. The number of phenols is 1. The van der Waals surface area contributed by atoms with E-state index in [4.69, 9.17) is 11.6 Å². The molecular formula is C21H13ClN2O4. The van der Waals surface area contributed by atoms with Gasteiger partial charge in [-0.05, 0) is 41.5 Å². The van der Waals surface area contributed by atoms with Crippen LogP contribution in [-0.4, -0.2) is 22.7 Å². The van der Waals surface area contributed by atoms with Gasteiger partial charge in [-0.15, -0.1) is 0 Å². The Bertz CT molecular complexity index is 1160. The highest BCUT2D eigenvalue weighted by molar-refractivity contribution is 6.31. The number of ketones is 1. The van der Waals surface area contributed by atoms with Crippen LogP contribution in [0.25, 0.3) is 11.1 Å². The van der Waals surface area contributed by atoms with Gasteiger partial charge in [-0.1, -0.05) is 41.9 Å². The molecule has 0 saturated heterocycles. The molecule has 1 aliphatic rings. The first kappa shape index (κ1) is 17.8. The number of aromatic hydroxyl groups is 1. The van der Waals surface area contributed by atoms with Gasteiger partial charge < -0.3 is 5.11 Å². The van der Waals surface area contributed by atoms with Crippen molar-refractivity contribution in [1.82, 2.24) is 10.9 Å². The van der Waals surface area contributed by atoms with Crippen LogP contribution >= 0.6 is 11.6 Å². The Morgan fingerprint density at radius 2 is 1.46 bits per heavy atom. The summed E-state index contributed by atoms with van der Waals surface area (Å²) in [6.07, 6.45) is 0. The predicted octanol–water partition coefficient (Wildman–Crippen LogP) is 3.33. The van der Waals surface area contributed by atoms with Crippen molar-refractivity contribution in [3.63, 3.8) is 0 Å². The Labute approximate surface area is 164 Å². The normalized spacial score (nSPS) is 11.5. The monoisotopic (exact) mass is 392 g/mol. The fourth-order valence-corrected chi connectivity index (χ4v) is 3.28. The predicted molar refractivity (Wildman–Crippen MR) is 103 cm³/mol. The van der Waals surface area contributed by atoms with Gasteiger partial charge in [-0.25, -0.2) is 0 Å². The Kier molecular flexibility index (Phi) is 4.33. The Morgan fingerprint density at radius 3 is 2.25 bits per heavy atom. The van der Waals surface area contributed by atoms with E-state index in [2.05, 4.69) is 10.9 Å². The van der Waals surface area contributed by atoms with Crippen molar-refractivity contribution in [3.8, 4) is 16.9 Å². The maximum Gasteiger partial charge on any atom is 0.273 e. The molecule has 6 nitrogen and oxygen atoms in total. The lowest BCUT2D eigenvalue weighted by Gasteiger charge is -2.09. The van der Waals surface area contributed by atoms with E-state index in [1.54, 1.807) is 24.3 Å². The van der Waals surface area contributed by atoms with E-state index >= 15 is 0 Å². The van der Waals surface area contributed by atoms with Crippen molar-refractivity contribution < 1.29 is 19.5 Å². The molecule has 0 atom stereocenters. The maximum absolute atomic E-state index is 12.5. The zero-order valence-corrected chi connectivity index (χ0v) is 15.1. The first-order chi connectivity index (χ1) is 13.5. The molecule has 3 N–H and O–H groups in total. The minimum Gasteiger partial charge on any atom is -0.507 e. The average Bonchev–Trinajstić information content (AvgIpc) is 3.00. The molecule has 4 rings (SSSR count). The van der Waals surface area contributed by atoms with E-state index in [1.807, 2.05) is 12.1 Å². The summed E-state index contributed by atoms with van der Waals surface area (Å²) in [5.41, 5.74) is 7.26. The van der Waals surface area contributed by atoms with Crippen molar-refractivity contribution in [2.75, 3.05) is 0 Å². The number of hydrogen-bond donors (Lipinski definition) is 3. The molecule has 0 fully saturated rings. The Morgan fingerprint density at radius 1 is 0.786 bits per heavy atom. The van der Waals surface area contributed by atoms with E-state index in [-0.39, 0.29) is 27.7 Å². The molecule has 0 radical (unpaired) electrons. The first-order valence-electron chi connectivity index (χ1n) is 8.33. The lowest BCUT2D eigenvalue weighted by molar-refractivity contribution is 0.0845. The standard InChI is InChI=1S/C21H13ClN2O4/c22-12-6-8-18(25)17(10-12)21(28)24-23-20(27)11-5-7-14-13-3-1-2-4-15(13)19(26)16(14)9-11/h1-10,25H,(H,23,27)(H,24,28). The van der Waals surface area contributed by atoms with E-state index in [0.717, 1.165) is 11.1 Å². The van der Waals surface area contributed by atoms with Crippen LogP contribution in [0.3, 0.4) is 0 Å². The second-order valence-corrected chi connectivity index (χ2v) is 6.64. The molecule has 3 aromatic carbocycles. The zero-order chi connectivity index (χ0) is 19.8. The molecular weight excluding hydrogens is 380 g/mol. The summed E-state index contributed by atoms with van der Waals surface area (Å²) in [6.45, 7) is 0. The number of amides is 2. The van der Waals surface area contributed by atoms with Crippen LogP contribution in [0.15, 0.2) is 60.7 Å². The molecule has 7 heteroatoms. The number of hydrazine groups is 1. The van der Waals surface area contributed by atoms with Gasteiger partial charge in [-0.2, -0.15) is 0 Å². The molecule has 0 heterocycles. The van der Waals surface area contributed by atoms with Gasteiger partial charge >= 0.3 is 0 Å². The number of rotatable bonds is 2. The number of nitrogens with one attached hydrogen (secondary N) is 2. The lowest BCUT2D eigenvalue weighted by atomic mass is 10.0. The summed E-state index contributed by atoms with van der Waals surface area (Å²) in [6, 6.07) is 16.0. The lowest BCUT2D eigenvalue weighted by Crippen LogP contribution is -2.41. The molecule has 0 saturated carbocycles. The first-order valence-corrected chi connectivity index (χ1v) is 8.71. The Balaban J connectivity index is 1.52. The van der Waals surface area contributed by atoms with E-state index in [1.165, 1.54) is 24.3 Å². The van der Waals surface area contributed by atoms with E-state index < -0.39 is 11.8 Å². The van der Waals surface area contributed by atoms with Gasteiger partial charge in [0, 0.05) is 21.7 Å². The molecule has 3 aromatic rings. The van der Waals surface area contributed by atoms with Gasteiger partial charge in [0.1, 0.15) is 5.75 Å². The fraction of sp³-hybridized carbons (Fsp3) is 0. The number of phenolic OH excluding ortho intramolecular Hbond substituents is 1. The summed E-state index contributed by atoms with van der Waals surface area (Å²) in [7, 11) is 0. The third-order valence-electron chi connectivity index (χ3n) is 4.48. The molecule has 0 unspecified atom stereocenters. The quantitative estimate of drug-likeness (QED) is 0.456. The van der Waals surface area contributed by atoms with Crippen molar-refractivity contribution >= 4 is 29.2 Å². The molecule has 2 amide bonds. The summed E-state index contributed by atoms with van der Waals surface area (Å²) >= 11 is 5.82. The van der Waals surface area contributed by atoms with Crippen LogP contribution in [0.5, 0.6) is 5.75 Å². The number of carbonyl (C=O) groups excluding carboxylic acids is 3. The number of carbonyl (C=O) groups is 3. The van der Waals surface area contributed by atoms with Crippen molar-refractivity contribution in [3.05, 3.63) is 87.9 Å². The molecule has 0 aliphatic heterocycles. The topological polar surface area (TPSA) is 95.5 Å².